The predicted octanol–water partition coefficient (Wildman–Crippen LogP) is 5.69. The highest BCUT2D eigenvalue weighted by Crippen LogP contribution is 2.32. The second kappa shape index (κ2) is 14.2. The molecule has 0 aliphatic heterocycles. The normalized spacial score (nSPS) is 13.9. The van der Waals surface area contributed by atoms with Gasteiger partial charge in [-0.25, -0.2) is 0 Å². The molecule has 0 saturated heterocycles. The molecule has 0 saturated carbocycles. The van der Waals surface area contributed by atoms with E-state index in [0.717, 1.165) is 25.7 Å². The molecule has 0 aliphatic carbocycles. The van der Waals surface area contributed by atoms with Crippen LogP contribution in [0.2, 0.25) is 0 Å². The van der Waals surface area contributed by atoms with E-state index in [4.69, 9.17) is 14.2 Å². The van der Waals surface area contributed by atoms with E-state index in [1.807, 2.05) is 0 Å². The van der Waals surface area contributed by atoms with Crippen LogP contribution in [0, 0.1) is 5.92 Å². The minimum Gasteiger partial charge on any atom is -0.331 e. The number of hydrogen-bond donors (Lipinski definition) is 0. The van der Waals surface area contributed by atoms with Crippen molar-refractivity contribution in [2.75, 3.05) is 21.3 Å². The van der Waals surface area contributed by atoms with Gasteiger partial charge in [0.1, 0.15) is 0 Å². The highest BCUT2D eigenvalue weighted by molar-refractivity contribution is 4.78. The SMILES string of the molecule is CC=CCCCC(CCCCCCCC)C(OC)(OC)OC. The molecule has 0 rings (SSSR count). The summed E-state index contributed by atoms with van der Waals surface area (Å²) in [5, 5.41) is 0. The fourth-order valence-corrected chi connectivity index (χ4v) is 3.07. The van der Waals surface area contributed by atoms with Crippen LogP contribution in [-0.2, 0) is 14.2 Å². The van der Waals surface area contributed by atoms with Crippen LogP contribution in [0.1, 0.15) is 78.1 Å². The van der Waals surface area contributed by atoms with Gasteiger partial charge in [-0.1, -0.05) is 57.6 Å². The van der Waals surface area contributed by atoms with Crippen LogP contribution in [0.15, 0.2) is 12.2 Å². The fourth-order valence-electron chi connectivity index (χ4n) is 3.07. The number of ether oxygens (including phenoxy) is 3. The van der Waals surface area contributed by atoms with Crippen LogP contribution in [-0.4, -0.2) is 27.3 Å². The summed E-state index contributed by atoms with van der Waals surface area (Å²) in [6, 6.07) is 0. The third kappa shape index (κ3) is 8.30. The van der Waals surface area contributed by atoms with Crippen molar-refractivity contribution in [3.05, 3.63) is 12.2 Å². The standard InChI is InChI=1S/C19H38O3/c1-6-8-10-12-13-15-17-18(16-14-11-9-7-2)19(20-3,21-4)22-5/h7,9,18H,6,8,10-17H2,1-5H3. The van der Waals surface area contributed by atoms with Crippen molar-refractivity contribution < 1.29 is 14.2 Å². The summed E-state index contributed by atoms with van der Waals surface area (Å²) in [5.41, 5.74) is 0. The van der Waals surface area contributed by atoms with E-state index in [9.17, 15) is 0 Å². The first-order chi connectivity index (χ1) is 10.7. The van der Waals surface area contributed by atoms with Crippen molar-refractivity contribution in [2.45, 2.75) is 84.0 Å². The zero-order valence-electron chi connectivity index (χ0n) is 15.5. The Hall–Kier alpha value is -0.380. The van der Waals surface area contributed by atoms with Gasteiger partial charge < -0.3 is 14.2 Å². The summed E-state index contributed by atoms with van der Waals surface area (Å²) in [5.74, 6) is -0.608. The first kappa shape index (κ1) is 21.6. The first-order valence-corrected chi connectivity index (χ1v) is 8.97. The molecular weight excluding hydrogens is 276 g/mol. The summed E-state index contributed by atoms with van der Waals surface area (Å²) in [6.45, 7) is 4.32. The van der Waals surface area contributed by atoms with E-state index in [0.29, 0.717) is 0 Å². The van der Waals surface area contributed by atoms with E-state index >= 15 is 0 Å². The molecule has 0 aromatic heterocycles. The third-order valence-corrected chi connectivity index (χ3v) is 4.42. The van der Waals surface area contributed by atoms with Gasteiger partial charge in [-0.05, 0) is 32.6 Å². The number of rotatable bonds is 15. The Morgan fingerprint density at radius 3 is 1.91 bits per heavy atom. The molecule has 0 bridgehead atoms. The molecule has 0 aromatic carbocycles. The van der Waals surface area contributed by atoms with Gasteiger partial charge in [0.25, 0.3) is 5.97 Å². The average Bonchev–Trinajstić information content (AvgIpc) is 2.55. The van der Waals surface area contributed by atoms with Crippen molar-refractivity contribution in [3.63, 3.8) is 0 Å². The zero-order chi connectivity index (χ0) is 16.7. The Kier molecular flexibility index (Phi) is 14.0. The minimum absolute atomic E-state index is 0.281. The zero-order valence-corrected chi connectivity index (χ0v) is 15.5. The Labute approximate surface area is 138 Å². The van der Waals surface area contributed by atoms with Crippen molar-refractivity contribution >= 4 is 0 Å². The molecule has 1 unspecified atom stereocenters. The number of unbranched alkanes of at least 4 members (excludes halogenated alkanes) is 6. The number of allylic oxidation sites excluding steroid dienone is 2. The maximum Gasteiger partial charge on any atom is 0.285 e. The smallest absolute Gasteiger partial charge is 0.285 e. The van der Waals surface area contributed by atoms with Gasteiger partial charge in [0.05, 0.1) is 0 Å². The van der Waals surface area contributed by atoms with E-state index in [-0.39, 0.29) is 5.92 Å². The average molecular weight is 315 g/mol. The lowest BCUT2D eigenvalue weighted by atomic mass is 9.92. The Bertz CT molecular complexity index is 251. The third-order valence-electron chi connectivity index (χ3n) is 4.42. The predicted molar refractivity (Wildman–Crippen MR) is 93.9 cm³/mol. The lowest BCUT2D eigenvalue weighted by molar-refractivity contribution is -0.380. The maximum absolute atomic E-state index is 5.59. The van der Waals surface area contributed by atoms with Crippen LogP contribution >= 0.6 is 0 Å². The lowest BCUT2D eigenvalue weighted by Gasteiger charge is -2.36. The van der Waals surface area contributed by atoms with E-state index in [2.05, 4.69) is 26.0 Å². The van der Waals surface area contributed by atoms with E-state index in [1.54, 1.807) is 21.3 Å². The summed E-state index contributed by atoms with van der Waals surface area (Å²) in [4.78, 5) is 0. The molecule has 1 atom stereocenters. The van der Waals surface area contributed by atoms with Gasteiger partial charge in [0, 0.05) is 27.2 Å². The molecule has 0 amide bonds. The van der Waals surface area contributed by atoms with Crippen molar-refractivity contribution in [1.29, 1.82) is 0 Å². The topological polar surface area (TPSA) is 27.7 Å². The molecule has 0 aliphatic rings. The fraction of sp³-hybridized carbons (Fsp3) is 0.895. The van der Waals surface area contributed by atoms with Crippen LogP contribution in [0.4, 0.5) is 0 Å². The van der Waals surface area contributed by atoms with Gasteiger partial charge in [0.15, 0.2) is 0 Å². The van der Waals surface area contributed by atoms with Crippen LogP contribution in [0.25, 0.3) is 0 Å². The summed E-state index contributed by atoms with van der Waals surface area (Å²) < 4.78 is 16.8. The molecule has 0 radical (unpaired) electrons. The molecule has 0 N–H and O–H groups in total. The van der Waals surface area contributed by atoms with Crippen molar-refractivity contribution in [2.24, 2.45) is 5.92 Å². The largest absolute Gasteiger partial charge is 0.331 e. The second-order valence-corrected chi connectivity index (χ2v) is 5.97. The lowest BCUT2D eigenvalue weighted by Crippen LogP contribution is -2.44. The van der Waals surface area contributed by atoms with Crippen molar-refractivity contribution in [1.82, 2.24) is 0 Å². The van der Waals surface area contributed by atoms with Crippen molar-refractivity contribution in [3.8, 4) is 0 Å². The van der Waals surface area contributed by atoms with Gasteiger partial charge in [-0.3, -0.25) is 0 Å². The van der Waals surface area contributed by atoms with Gasteiger partial charge in [-0.15, -0.1) is 0 Å². The number of hydrogen-bond acceptors (Lipinski definition) is 3. The molecule has 0 aromatic rings. The first-order valence-electron chi connectivity index (χ1n) is 8.97. The molecule has 3 heteroatoms. The minimum atomic E-state index is -0.890. The van der Waals surface area contributed by atoms with Gasteiger partial charge in [-0.2, -0.15) is 0 Å². The van der Waals surface area contributed by atoms with Gasteiger partial charge >= 0.3 is 0 Å². The van der Waals surface area contributed by atoms with Crippen LogP contribution < -0.4 is 0 Å². The quantitative estimate of drug-likeness (QED) is 0.221. The highest BCUT2D eigenvalue weighted by atomic mass is 16.9. The van der Waals surface area contributed by atoms with E-state index in [1.165, 1.54) is 38.5 Å². The second-order valence-electron chi connectivity index (χ2n) is 5.97. The number of methoxy groups -OCH3 is 3. The summed E-state index contributed by atoms with van der Waals surface area (Å²) in [6.07, 6.45) is 16.6. The van der Waals surface area contributed by atoms with Gasteiger partial charge in [0.2, 0.25) is 0 Å². The molecule has 0 heterocycles. The van der Waals surface area contributed by atoms with E-state index < -0.39 is 5.97 Å². The molecule has 3 nitrogen and oxygen atoms in total. The molecule has 132 valence electrons. The van der Waals surface area contributed by atoms with Crippen LogP contribution in [0.5, 0.6) is 0 Å². The Morgan fingerprint density at radius 2 is 1.36 bits per heavy atom. The Morgan fingerprint density at radius 1 is 0.818 bits per heavy atom. The Balaban J connectivity index is 4.38. The molecule has 0 fully saturated rings. The summed E-state index contributed by atoms with van der Waals surface area (Å²) >= 11 is 0. The maximum atomic E-state index is 5.59. The highest BCUT2D eigenvalue weighted by Gasteiger charge is 2.39. The molecular formula is C19H38O3. The molecule has 22 heavy (non-hydrogen) atoms. The summed E-state index contributed by atoms with van der Waals surface area (Å²) in [7, 11) is 5.02. The molecule has 0 spiro atoms. The van der Waals surface area contributed by atoms with Crippen LogP contribution in [0.3, 0.4) is 0 Å². The monoisotopic (exact) mass is 314 g/mol.